The second-order valence-corrected chi connectivity index (χ2v) is 6.64. The van der Waals surface area contributed by atoms with Gasteiger partial charge in [-0.2, -0.15) is 0 Å². The Morgan fingerprint density at radius 3 is 2.67 bits per heavy atom. The van der Waals surface area contributed by atoms with Gasteiger partial charge in [-0.05, 0) is 43.9 Å². The zero-order chi connectivity index (χ0) is 17.7. The van der Waals surface area contributed by atoms with Crippen LogP contribution >= 0.6 is 11.6 Å². The second-order valence-electron chi connectivity index (χ2n) is 6.21. The van der Waals surface area contributed by atoms with Crippen LogP contribution in [-0.4, -0.2) is 22.4 Å². The Morgan fingerprint density at radius 2 is 1.96 bits per heavy atom. The monoisotopic (exact) mass is 346 g/mol. The SMILES string of the molecule is Cc1nc(Nc2cc(Cl)ccc2C)cc(C(=O)NCCC(C)C)n1. The molecule has 24 heavy (non-hydrogen) atoms. The van der Waals surface area contributed by atoms with E-state index >= 15 is 0 Å². The van der Waals surface area contributed by atoms with Crippen molar-refractivity contribution in [1.82, 2.24) is 15.3 Å². The number of nitrogens with one attached hydrogen (secondary N) is 2. The average Bonchev–Trinajstić information content (AvgIpc) is 2.50. The highest BCUT2D eigenvalue weighted by atomic mass is 35.5. The average molecular weight is 347 g/mol. The Labute approximate surface area is 147 Å². The Bertz CT molecular complexity index is 731. The Morgan fingerprint density at radius 1 is 1.21 bits per heavy atom. The first-order chi connectivity index (χ1) is 11.3. The topological polar surface area (TPSA) is 66.9 Å². The van der Waals surface area contributed by atoms with Crippen molar-refractivity contribution in [2.24, 2.45) is 5.92 Å². The lowest BCUT2D eigenvalue weighted by molar-refractivity contribution is 0.0946. The molecule has 0 bridgehead atoms. The highest BCUT2D eigenvalue weighted by Crippen LogP contribution is 2.23. The highest BCUT2D eigenvalue weighted by molar-refractivity contribution is 6.30. The molecule has 0 aliphatic rings. The summed E-state index contributed by atoms with van der Waals surface area (Å²) in [5.41, 5.74) is 2.25. The fraction of sp³-hybridized carbons (Fsp3) is 0.389. The van der Waals surface area contributed by atoms with Crippen molar-refractivity contribution in [3.05, 3.63) is 46.4 Å². The minimum absolute atomic E-state index is 0.188. The third-order valence-corrected chi connectivity index (χ3v) is 3.78. The molecule has 5 nitrogen and oxygen atoms in total. The lowest BCUT2D eigenvalue weighted by Crippen LogP contribution is -2.26. The molecule has 0 saturated carbocycles. The second kappa shape index (κ2) is 8.11. The number of anilines is 2. The number of rotatable bonds is 6. The summed E-state index contributed by atoms with van der Waals surface area (Å²) >= 11 is 6.04. The van der Waals surface area contributed by atoms with E-state index in [0.717, 1.165) is 17.7 Å². The van der Waals surface area contributed by atoms with Crippen LogP contribution in [0.15, 0.2) is 24.3 Å². The fourth-order valence-electron chi connectivity index (χ4n) is 2.18. The smallest absolute Gasteiger partial charge is 0.270 e. The van der Waals surface area contributed by atoms with Gasteiger partial charge in [0.15, 0.2) is 0 Å². The van der Waals surface area contributed by atoms with E-state index in [0.29, 0.717) is 34.8 Å². The number of halogens is 1. The quantitative estimate of drug-likeness (QED) is 0.819. The normalized spacial score (nSPS) is 10.8. The molecule has 1 heterocycles. The van der Waals surface area contributed by atoms with Gasteiger partial charge in [-0.15, -0.1) is 0 Å². The number of benzene rings is 1. The summed E-state index contributed by atoms with van der Waals surface area (Å²) in [7, 11) is 0. The Balaban J connectivity index is 2.16. The first kappa shape index (κ1) is 18.2. The van der Waals surface area contributed by atoms with Crippen LogP contribution < -0.4 is 10.6 Å². The van der Waals surface area contributed by atoms with Crippen molar-refractivity contribution in [2.75, 3.05) is 11.9 Å². The van der Waals surface area contributed by atoms with E-state index in [1.807, 2.05) is 25.1 Å². The van der Waals surface area contributed by atoms with Crippen LogP contribution in [0.2, 0.25) is 5.02 Å². The van der Waals surface area contributed by atoms with Crippen LogP contribution in [0.4, 0.5) is 11.5 Å². The molecular weight excluding hydrogens is 324 g/mol. The molecule has 0 spiro atoms. The Kier molecular flexibility index (Phi) is 6.15. The number of aryl methyl sites for hydroxylation is 2. The van der Waals surface area contributed by atoms with Gasteiger partial charge in [0.25, 0.3) is 5.91 Å². The molecule has 0 fully saturated rings. The summed E-state index contributed by atoms with van der Waals surface area (Å²) in [6.07, 6.45) is 0.933. The fourth-order valence-corrected chi connectivity index (χ4v) is 2.35. The number of nitrogens with zero attached hydrogens (tertiary/aromatic N) is 2. The van der Waals surface area contributed by atoms with Gasteiger partial charge in [0, 0.05) is 23.3 Å². The lowest BCUT2D eigenvalue weighted by Gasteiger charge is -2.11. The predicted octanol–water partition coefficient (Wildman–Crippen LogP) is 4.27. The summed E-state index contributed by atoms with van der Waals surface area (Å²) < 4.78 is 0. The number of aromatic nitrogens is 2. The van der Waals surface area contributed by atoms with Crippen LogP contribution in [0.5, 0.6) is 0 Å². The number of hydrogen-bond acceptors (Lipinski definition) is 4. The van der Waals surface area contributed by atoms with Crippen LogP contribution in [0, 0.1) is 19.8 Å². The number of carbonyl (C=O) groups excluding carboxylic acids is 1. The van der Waals surface area contributed by atoms with Crippen molar-refractivity contribution >= 4 is 29.0 Å². The first-order valence-electron chi connectivity index (χ1n) is 8.02. The van der Waals surface area contributed by atoms with Crippen molar-refractivity contribution in [3.63, 3.8) is 0 Å². The predicted molar refractivity (Wildman–Crippen MR) is 98.0 cm³/mol. The molecule has 1 amide bonds. The highest BCUT2D eigenvalue weighted by Gasteiger charge is 2.11. The zero-order valence-electron chi connectivity index (χ0n) is 14.5. The van der Waals surface area contributed by atoms with Gasteiger partial charge >= 0.3 is 0 Å². The third kappa shape index (κ3) is 5.20. The lowest BCUT2D eigenvalue weighted by atomic mass is 10.1. The summed E-state index contributed by atoms with van der Waals surface area (Å²) in [6.45, 7) is 8.62. The molecule has 6 heteroatoms. The maximum Gasteiger partial charge on any atom is 0.270 e. The summed E-state index contributed by atoms with van der Waals surface area (Å²) in [4.78, 5) is 20.8. The number of amides is 1. The van der Waals surface area contributed by atoms with Gasteiger partial charge in [-0.1, -0.05) is 31.5 Å². The van der Waals surface area contributed by atoms with Crippen LogP contribution in [-0.2, 0) is 0 Å². The van der Waals surface area contributed by atoms with Crippen LogP contribution in [0.1, 0.15) is 42.1 Å². The molecule has 2 N–H and O–H groups in total. The first-order valence-corrected chi connectivity index (χ1v) is 8.40. The largest absolute Gasteiger partial charge is 0.351 e. The number of hydrogen-bond donors (Lipinski definition) is 2. The molecule has 2 rings (SSSR count). The van der Waals surface area contributed by atoms with Crippen molar-refractivity contribution in [1.29, 1.82) is 0 Å². The van der Waals surface area contributed by atoms with E-state index in [1.165, 1.54) is 0 Å². The van der Waals surface area contributed by atoms with Gasteiger partial charge < -0.3 is 10.6 Å². The van der Waals surface area contributed by atoms with E-state index in [1.54, 1.807) is 13.0 Å². The molecule has 0 aliphatic carbocycles. The Hall–Kier alpha value is -2.14. The van der Waals surface area contributed by atoms with Crippen molar-refractivity contribution < 1.29 is 4.79 Å². The van der Waals surface area contributed by atoms with Crippen LogP contribution in [0.3, 0.4) is 0 Å². The minimum atomic E-state index is -0.188. The third-order valence-electron chi connectivity index (χ3n) is 3.54. The summed E-state index contributed by atoms with van der Waals surface area (Å²) in [5.74, 6) is 1.46. The van der Waals surface area contributed by atoms with Crippen LogP contribution in [0.25, 0.3) is 0 Å². The van der Waals surface area contributed by atoms with E-state index in [-0.39, 0.29) is 5.91 Å². The van der Waals surface area contributed by atoms with E-state index in [4.69, 9.17) is 11.6 Å². The molecule has 0 saturated heterocycles. The molecule has 2 aromatic rings. The van der Waals surface area contributed by atoms with Gasteiger partial charge in [0.05, 0.1) is 0 Å². The molecule has 0 aliphatic heterocycles. The minimum Gasteiger partial charge on any atom is -0.351 e. The van der Waals surface area contributed by atoms with E-state index in [2.05, 4.69) is 34.4 Å². The maximum absolute atomic E-state index is 12.3. The standard InChI is InChI=1S/C18H23ClN4O/c1-11(2)7-8-20-18(24)16-10-17(22-13(4)21-16)23-15-9-14(19)6-5-12(15)3/h5-6,9-11H,7-8H2,1-4H3,(H,20,24)(H,21,22,23). The molecular formula is C18H23ClN4O. The van der Waals surface area contributed by atoms with Crippen molar-refractivity contribution in [3.8, 4) is 0 Å². The molecule has 0 atom stereocenters. The summed E-state index contributed by atoms with van der Waals surface area (Å²) in [6, 6.07) is 7.24. The van der Waals surface area contributed by atoms with Gasteiger partial charge in [0.2, 0.25) is 0 Å². The summed E-state index contributed by atoms with van der Waals surface area (Å²) in [5, 5.41) is 6.74. The van der Waals surface area contributed by atoms with E-state index < -0.39 is 0 Å². The van der Waals surface area contributed by atoms with Gasteiger partial charge in [-0.3, -0.25) is 4.79 Å². The van der Waals surface area contributed by atoms with Gasteiger partial charge in [-0.25, -0.2) is 9.97 Å². The van der Waals surface area contributed by atoms with Gasteiger partial charge in [0.1, 0.15) is 17.3 Å². The van der Waals surface area contributed by atoms with E-state index in [9.17, 15) is 4.79 Å². The zero-order valence-corrected chi connectivity index (χ0v) is 15.2. The molecule has 0 unspecified atom stereocenters. The molecule has 128 valence electrons. The molecule has 0 radical (unpaired) electrons. The van der Waals surface area contributed by atoms with Crippen molar-refractivity contribution in [2.45, 2.75) is 34.1 Å². The molecule has 1 aromatic heterocycles. The molecule has 1 aromatic carbocycles. The maximum atomic E-state index is 12.3. The number of carbonyl (C=O) groups is 1.